The second-order valence-corrected chi connectivity index (χ2v) is 4.39. The summed E-state index contributed by atoms with van der Waals surface area (Å²) in [5.41, 5.74) is 0.759. The fraction of sp³-hybridized carbons (Fsp3) is 0.600. The molecule has 6 heteroatoms. The van der Waals surface area contributed by atoms with Crippen LogP contribution in [-0.4, -0.2) is 45.3 Å². The van der Waals surface area contributed by atoms with Crippen LogP contribution >= 0.6 is 11.8 Å². The van der Waals surface area contributed by atoms with Gasteiger partial charge in [0.15, 0.2) is 5.16 Å². The van der Waals surface area contributed by atoms with Crippen molar-refractivity contribution in [3.63, 3.8) is 0 Å². The molecular weight excluding hydrogens is 228 g/mol. The zero-order valence-electron chi connectivity index (χ0n) is 8.91. The minimum atomic E-state index is -0.623. The van der Waals surface area contributed by atoms with Gasteiger partial charge in [-0.05, 0) is 12.3 Å². The largest absolute Gasteiger partial charge is 0.394 e. The van der Waals surface area contributed by atoms with Crippen molar-refractivity contribution in [2.45, 2.75) is 29.9 Å². The van der Waals surface area contributed by atoms with E-state index < -0.39 is 12.2 Å². The Balaban J connectivity index is 2.13. The number of nitrogens with zero attached hydrogens (tertiary/aromatic N) is 2. The van der Waals surface area contributed by atoms with Gasteiger partial charge in [-0.15, -0.1) is 0 Å². The van der Waals surface area contributed by atoms with E-state index in [0.29, 0.717) is 11.6 Å². The SMILES string of the molecule is CSc1nccc([C@@H]2C[C@H](O)[C@@H](CO)O2)n1. The van der Waals surface area contributed by atoms with Crippen molar-refractivity contribution in [1.82, 2.24) is 9.97 Å². The summed E-state index contributed by atoms with van der Waals surface area (Å²) in [5, 5.41) is 19.3. The van der Waals surface area contributed by atoms with E-state index in [9.17, 15) is 5.11 Å². The number of thioether (sulfide) groups is 1. The Morgan fingerprint density at radius 1 is 1.62 bits per heavy atom. The smallest absolute Gasteiger partial charge is 0.187 e. The Morgan fingerprint density at radius 3 is 3.06 bits per heavy atom. The third-order valence-electron chi connectivity index (χ3n) is 2.57. The first kappa shape index (κ1) is 11.8. The predicted octanol–water partition coefficient (Wildman–Crippen LogP) is 0.382. The molecule has 0 unspecified atom stereocenters. The molecule has 3 atom stereocenters. The zero-order valence-corrected chi connectivity index (χ0v) is 9.72. The molecule has 1 aliphatic rings. The third-order valence-corrected chi connectivity index (χ3v) is 3.13. The van der Waals surface area contributed by atoms with E-state index in [1.807, 2.05) is 6.26 Å². The molecule has 0 aliphatic carbocycles. The molecule has 2 N–H and O–H groups in total. The molecule has 0 spiro atoms. The highest BCUT2D eigenvalue weighted by molar-refractivity contribution is 7.98. The lowest BCUT2D eigenvalue weighted by Crippen LogP contribution is -2.24. The van der Waals surface area contributed by atoms with Gasteiger partial charge in [-0.2, -0.15) is 0 Å². The topological polar surface area (TPSA) is 75.5 Å². The summed E-state index contributed by atoms with van der Waals surface area (Å²) >= 11 is 1.46. The average Bonchev–Trinajstić information content (AvgIpc) is 2.71. The summed E-state index contributed by atoms with van der Waals surface area (Å²) < 4.78 is 5.51. The normalized spacial score (nSPS) is 29.6. The van der Waals surface area contributed by atoms with Crippen molar-refractivity contribution in [2.24, 2.45) is 0 Å². The van der Waals surface area contributed by atoms with Gasteiger partial charge < -0.3 is 14.9 Å². The average molecular weight is 242 g/mol. The molecule has 1 aromatic rings. The van der Waals surface area contributed by atoms with E-state index in [4.69, 9.17) is 9.84 Å². The van der Waals surface area contributed by atoms with Crippen molar-refractivity contribution in [2.75, 3.05) is 12.9 Å². The first-order valence-corrected chi connectivity index (χ1v) is 6.28. The van der Waals surface area contributed by atoms with Crippen molar-refractivity contribution >= 4 is 11.8 Å². The Kier molecular flexibility index (Phi) is 3.75. The summed E-state index contributed by atoms with van der Waals surface area (Å²) in [5.74, 6) is 0. The van der Waals surface area contributed by atoms with Crippen LogP contribution in [0.1, 0.15) is 18.2 Å². The van der Waals surface area contributed by atoms with Gasteiger partial charge in [0, 0.05) is 12.6 Å². The van der Waals surface area contributed by atoms with E-state index in [0.717, 1.165) is 5.69 Å². The van der Waals surface area contributed by atoms with Crippen LogP contribution in [0.3, 0.4) is 0 Å². The van der Waals surface area contributed by atoms with Crippen molar-refractivity contribution in [3.8, 4) is 0 Å². The minimum Gasteiger partial charge on any atom is -0.394 e. The van der Waals surface area contributed by atoms with Crippen LogP contribution in [0.15, 0.2) is 17.4 Å². The number of aliphatic hydroxyl groups excluding tert-OH is 2. The van der Waals surface area contributed by atoms with Crippen LogP contribution in [-0.2, 0) is 4.74 Å². The van der Waals surface area contributed by atoms with Crippen molar-refractivity contribution in [1.29, 1.82) is 0 Å². The fourth-order valence-electron chi connectivity index (χ4n) is 1.72. The van der Waals surface area contributed by atoms with Crippen LogP contribution in [0.5, 0.6) is 0 Å². The summed E-state index contributed by atoms with van der Waals surface area (Å²) in [6.45, 7) is -0.169. The molecule has 2 rings (SSSR count). The number of aromatic nitrogens is 2. The van der Waals surface area contributed by atoms with Gasteiger partial charge in [0.2, 0.25) is 0 Å². The first-order valence-electron chi connectivity index (χ1n) is 5.06. The quantitative estimate of drug-likeness (QED) is 0.589. The minimum absolute atomic E-state index is 0.169. The summed E-state index contributed by atoms with van der Waals surface area (Å²) in [4.78, 5) is 8.38. The van der Waals surface area contributed by atoms with E-state index in [-0.39, 0.29) is 12.7 Å². The summed E-state index contributed by atoms with van der Waals surface area (Å²) in [6, 6.07) is 1.77. The molecule has 0 bridgehead atoms. The van der Waals surface area contributed by atoms with Gasteiger partial charge >= 0.3 is 0 Å². The number of hydrogen-bond acceptors (Lipinski definition) is 6. The Hall–Kier alpha value is -0.690. The highest BCUT2D eigenvalue weighted by Crippen LogP contribution is 2.32. The summed E-state index contributed by atoms with van der Waals surface area (Å²) in [6.07, 6.45) is 2.67. The van der Waals surface area contributed by atoms with Crippen LogP contribution in [0.25, 0.3) is 0 Å². The fourth-order valence-corrected chi connectivity index (χ4v) is 2.08. The van der Waals surface area contributed by atoms with Crippen LogP contribution in [0.2, 0.25) is 0 Å². The molecule has 1 fully saturated rings. The zero-order chi connectivity index (χ0) is 11.5. The second kappa shape index (κ2) is 5.09. The molecule has 1 aromatic heterocycles. The second-order valence-electron chi connectivity index (χ2n) is 3.62. The maximum atomic E-state index is 9.61. The highest BCUT2D eigenvalue weighted by Gasteiger charge is 2.34. The van der Waals surface area contributed by atoms with E-state index in [2.05, 4.69) is 9.97 Å². The van der Waals surface area contributed by atoms with Gasteiger partial charge in [0.05, 0.1) is 18.4 Å². The molecule has 0 radical (unpaired) electrons. The number of hydrogen-bond donors (Lipinski definition) is 2. The summed E-state index contributed by atoms with van der Waals surface area (Å²) in [7, 11) is 0. The molecular formula is C10H14N2O3S. The number of ether oxygens (including phenoxy) is 1. The maximum Gasteiger partial charge on any atom is 0.187 e. The van der Waals surface area contributed by atoms with Crippen LogP contribution < -0.4 is 0 Å². The first-order chi connectivity index (χ1) is 7.74. The molecule has 1 saturated heterocycles. The molecule has 2 heterocycles. The Morgan fingerprint density at radius 2 is 2.44 bits per heavy atom. The highest BCUT2D eigenvalue weighted by atomic mass is 32.2. The molecule has 88 valence electrons. The lowest BCUT2D eigenvalue weighted by atomic mass is 10.1. The predicted molar refractivity (Wildman–Crippen MR) is 59.1 cm³/mol. The van der Waals surface area contributed by atoms with Gasteiger partial charge in [-0.1, -0.05) is 11.8 Å². The van der Waals surface area contributed by atoms with E-state index in [1.54, 1.807) is 12.3 Å². The molecule has 1 aliphatic heterocycles. The van der Waals surface area contributed by atoms with Crippen molar-refractivity contribution < 1.29 is 14.9 Å². The number of aliphatic hydroxyl groups is 2. The molecule has 16 heavy (non-hydrogen) atoms. The van der Waals surface area contributed by atoms with Gasteiger partial charge in [0.25, 0.3) is 0 Å². The van der Waals surface area contributed by atoms with Crippen LogP contribution in [0.4, 0.5) is 0 Å². The van der Waals surface area contributed by atoms with Gasteiger partial charge in [-0.25, -0.2) is 9.97 Å². The monoisotopic (exact) mass is 242 g/mol. The molecule has 5 nitrogen and oxygen atoms in total. The molecule has 0 saturated carbocycles. The maximum absolute atomic E-state index is 9.61. The standard InChI is InChI=1S/C10H14N2O3S/c1-16-10-11-3-2-6(12-10)8-4-7(14)9(5-13)15-8/h2-3,7-9,13-14H,4-5H2,1H3/t7-,8-,9+/m0/s1. The Labute approximate surface area is 97.9 Å². The van der Waals surface area contributed by atoms with E-state index in [1.165, 1.54) is 11.8 Å². The number of rotatable bonds is 3. The Bertz CT molecular complexity index is 364. The molecule has 0 amide bonds. The molecule has 0 aromatic carbocycles. The third kappa shape index (κ3) is 2.35. The van der Waals surface area contributed by atoms with Crippen molar-refractivity contribution in [3.05, 3.63) is 18.0 Å². The van der Waals surface area contributed by atoms with Crippen LogP contribution in [0, 0.1) is 0 Å². The lowest BCUT2D eigenvalue weighted by Gasteiger charge is -2.11. The lowest BCUT2D eigenvalue weighted by molar-refractivity contribution is -0.0237. The van der Waals surface area contributed by atoms with Gasteiger partial charge in [0.1, 0.15) is 12.2 Å². The van der Waals surface area contributed by atoms with E-state index >= 15 is 0 Å². The van der Waals surface area contributed by atoms with Gasteiger partial charge in [-0.3, -0.25) is 0 Å².